The number of amides is 2. The molecule has 0 spiro atoms. The Morgan fingerprint density at radius 1 is 0.972 bits per heavy atom. The molecule has 0 aliphatic carbocycles. The highest BCUT2D eigenvalue weighted by molar-refractivity contribution is 7.92. The number of anilines is 1. The van der Waals surface area contributed by atoms with Crippen molar-refractivity contribution in [2.45, 2.75) is 38.3 Å². The molecule has 2 amide bonds. The zero-order valence-corrected chi connectivity index (χ0v) is 22.3. The van der Waals surface area contributed by atoms with E-state index in [1.54, 1.807) is 38.1 Å². The van der Waals surface area contributed by atoms with E-state index in [-0.39, 0.29) is 17.3 Å². The van der Waals surface area contributed by atoms with Gasteiger partial charge in [-0.1, -0.05) is 59.6 Å². The summed E-state index contributed by atoms with van der Waals surface area (Å²) in [7, 11) is -2.63. The third-order valence-electron chi connectivity index (χ3n) is 5.91. The van der Waals surface area contributed by atoms with Gasteiger partial charge >= 0.3 is 0 Å². The number of hydrogen-bond donors (Lipinski definition) is 1. The van der Waals surface area contributed by atoms with E-state index in [1.807, 2.05) is 31.2 Å². The minimum atomic E-state index is -4.13. The molecule has 1 N–H and O–H groups in total. The first-order valence-corrected chi connectivity index (χ1v) is 13.3. The van der Waals surface area contributed by atoms with Gasteiger partial charge in [-0.05, 0) is 62.2 Å². The average Bonchev–Trinajstić information content (AvgIpc) is 2.85. The molecule has 1 unspecified atom stereocenters. The molecule has 0 heterocycles. The second-order valence-corrected chi connectivity index (χ2v) is 10.9. The van der Waals surface area contributed by atoms with E-state index in [0.29, 0.717) is 16.3 Å². The topological polar surface area (TPSA) is 86.8 Å². The molecule has 3 aromatic rings. The number of carbonyl (C=O) groups excluding carboxylic acids is 2. The van der Waals surface area contributed by atoms with Gasteiger partial charge in [-0.3, -0.25) is 13.9 Å². The van der Waals surface area contributed by atoms with E-state index in [9.17, 15) is 18.0 Å². The van der Waals surface area contributed by atoms with Gasteiger partial charge in [-0.25, -0.2) is 8.42 Å². The van der Waals surface area contributed by atoms with Crippen molar-refractivity contribution in [3.8, 4) is 0 Å². The smallest absolute Gasteiger partial charge is 0.264 e. The Balaban J connectivity index is 2.05. The van der Waals surface area contributed by atoms with E-state index < -0.39 is 28.5 Å². The normalized spacial score (nSPS) is 12.0. The monoisotopic (exact) mass is 527 g/mol. The highest BCUT2D eigenvalue weighted by atomic mass is 35.5. The summed E-state index contributed by atoms with van der Waals surface area (Å²) in [5.41, 5.74) is 2.91. The van der Waals surface area contributed by atoms with Crippen LogP contribution < -0.4 is 9.62 Å². The van der Waals surface area contributed by atoms with Crippen LogP contribution in [0.5, 0.6) is 0 Å². The average molecular weight is 528 g/mol. The SMILES string of the molecule is CNC(=O)C(C)N(Cc1cccc(C)c1)C(=O)CN(c1ccccc1C)S(=O)(=O)c1ccc(Cl)cc1. The highest BCUT2D eigenvalue weighted by Gasteiger charge is 2.32. The van der Waals surface area contributed by atoms with Gasteiger partial charge in [0.05, 0.1) is 10.6 Å². The van der Waals surface area contributed by atoms with Crippen LogP contribution in [0.2, 0.25) is 5.02 Å². The molecule has 190 valence electrons. The second-order valence-electron chi connectivity index (χ2n) is 8.55. The summed E-state index contributed by atoms with van der Waals surface area (Å²) in [6.07, 6.45) is 0. The molecular formula is C27H30ClN3O4S. The molecule has 36 heavy (non-hydrogen) atoms. The molecule has 0 saturated heterocycles. The van der Waals surface area contributed by atoms with Crippen molar-refractivity contribution >= 4 is 39.1 Å². The number of aryl methyl sites for hydroxylation is 2. The number of para-hydroxylation sites is 1. The predicted octanol–water partition coefficient (Wildman–Crippen LogP) is 4.32. The van der Waals surface area contributed by atoms with Crippen molar-refractivity contribution in [3.05, 3.63) is 94.5 Å². The molecule has 3 aromatic carbocycles. The lowest BCUT2D eigenvalue weighted by Gasteiger charge is -2.32. The number of halogens is 1. The van der Waals surface area contributed by atoms with E-state index in [1.165, 1.54) is 36.2 Å². The minimum Gasteiger partial charge on any atom is -0.357 e. The van der Waals surface area contributed by atoms with Gasteiger partial charge < -0.3 is 10.2 Å². The zero-order valence-electron chi connectivity index (χ0n) is 20.7. The highest BCUT2D eigenvalue weighted by Crippen LogP contribution is 2.28. The Morgan fingerprint density at radius 2 is 1.64 bits per heavy atom. The predicted molar refractivity (Wildman–Crippen MR) is 142 cm³/mol. The first kappa shape index (κ1) is 27.2. The maximum absolute atomic E-state index is 13.8. The third kappa shape index (κ3) is 6.25. The van der Waals surface area contributed by atoms with Crippen molar-refractivity contribution in [2.75, 3.05) is 17.9 Å². The Hall–Kier alpha value is -3.36. The maximum atomic E-state index is 13.8. The van der Waals surface area contributed by atoms with Gasteiger partial charge in [0.15, 0.2) is 0 Å². The van der Waals surface area contributed by atoms with Gasteiger partial charge in [0, 0.05) is 18.6 Å². The third-order valence-corrected chi connectivity index (χ3v) is 7.94. The van der Waals surface area contributed by atoms with Crippen LogP contribution in [0, 0.1) is 13.8 Å². The van der Waals surface area contributed by atoms with E-state index >= 15 is 0 Å². The Kier molecular flexibility index (Phi) is 8.76. The second kappa shape index (κ2) is 11.6. The van der Waals surface area contributed by atoms with Crippen LogP contribution in [0.4, 0.5) is 5.69 Å². The molecule has 0 saturated carbocycles. The molecule has 0 radical (unpaired) electrons. The van der Waals surface area contributed by atoms with Crippen molar-refractivity contribution in [3.63, 3.8) is 0 Å². The van der Waals surface area contributed by atoms with E-state index in [0.717, 1.165) is 15.4 Å². The molecular weight excluding hydrogens is 498 g/mol. The van der Waals surface area contributed by atoms with Gasteiger partial charge in [-0.2, -0.15) is 0 Å². The van der Waals surface area contributed by atoms with E-state index in [4.69, 9.17) is 11.6 Å². The number of benzene rings is 3. The number of likely N-dealkylation sites (N-methyl/N-ethyl adjacent to an activating group) is 1. The van der Waals surface area contributed by atoms with Crippen LogP contribution in [0.25, 0.3) is 0 Å². The maximum Gasteiger partial charge on any atom is 0.264 e. The quantitative estimate of drug-likeness (QED) is 0.449. The van der Waals surface area contributed by atoms with Crippen molar-refractivity contribution in [1.29, 1.82) is 0 Å². The Bertz CT molecular complexity index is 1340. The summed E-state index contributed by atoms with van der Waals surface area (Å²) in [5, 5.41) is 2.97. The first-order chi connectivity index (χ1) is 17.0. The molecule has 0 bridgehead atoms. The standard InChI is InChI=1S/C27H30ClN3O4S/c1-19-8-7-10-22(16-19)17-30(21(3)27(33)29-4)26(32)18-31(25-11-6-5-9-20(25)2)36(34,35)24-14-12-23(28)13-15-24/h5-16,21H,17-18H2,1-4H3,(H,29,33). The fourth-order valence-corrected chi connectivity index (χ4v) is 5.49. The van der Waals surface area contributed by atoms with Crippen LogP contribution in [0.15, 0.2) is 77.7 Å². The number of rotatable bonds is 9. The lowest BCUT2D eigenvalue weighted by atomic mass is 10.1. The van der Waals surface area contributed by atoms with Crippen LogP contribution in [-0.2, 0) is 26.2 Å². The van der Waals surface area contributed by atoms with Crippen LogP contribution in [0.1, 0.15) is 23.6 Å². The van der Waals surface area contributed by atoms with Gasteiger partial charge in [0.2, 0.25) is 11.8 Å². The van der Waals surface area contributed by atoms with Gasteiger partial charge in [-0.15, -0.1) is 0 Å². The summed E-state index contributed by atoms with van der Waals surface area (Å²) < 4.78 is 28.6. The number of carbonyl (C=O) groups is 2. The number of nitrogens with zero attached hydrogens (tertiary/aromatic N) is 2. The summed E-state index contributed by atoms with van der Waals surface area (Å²) >= 11 is 5.97. The summed E-state index contributed by atoms with van der Waals surface area (Å²) in [6.45, 7) is 5.01. The molecule has 0 aromatic heterocycles. The summed E-state index contributed by atoms with van der Waals surface area (Å²) in [6, 6.07) is 19.5. The van der Waals surface area contributed by atoms with Gasteiger partial charge in [0.25, 0.3) is 10.0 Å². The summed E-state index contributed by atoms with van der Waals surface area (Å²) in [4.78, 5) is 27.7. The molecule has 3 rings (SSSR count). The van der Waals surface area contributed by atoms with Crippen LogP contribution >= 0.6 is 11.6 Å². The largest absolute Gasteiger partial charge is 0.357 e. The number of hydrogen-bond acceptors (Lipinski definition) is 4. The minimum absolute atomic E-state index is 0.00698. The van der Waals surface area contributed by atoms with Gasteiger partial charge in [0.1, 0.15) is 12.6 Å². The van der Waals surface area contributed by atoms with Crippen molar-refractivity contribution in [2.24, 2.45) is 0 Å². The summed E-state index contributed by atoms with van der Waals surface area (Å²) in [5.74, 6) is -0.854. The molecule has 0 fully saturated rings. The fourth-order valence-electron chi connectivity index (χ4n) is 3.89. The molecule has 9 heteroatoms. The lowest BCUT2D eigenvalue weighted by molar-refractivity contribution is -0.139. The van der Waals surface area contributed by atoms with Crippen LogP contribution in [0.3, 0.4) is 0 Å². The van der Waals surface area contributed by atoms with Crippen LogP contribution in [-0.4, -0.2) is 44.8 Å². The number of nitrogens with one attached hydrogen (secondary N) is 1. The van der Waals surface area contributed by atoms with Crippen molar-refractivity contribution < 1.29 is 18.0 Å². The molecule has 1 atom stereocenters. The lowest BCUT2D eigenvalue weighted by Crippen LogP contribution is -2.50. The zero-order chi connectivity index (χ0) is 26.5. The Labute approximate surface area is 217 Å². The van der Waals surface area contributed by atoms with E-state index in [2.05, 4.69) is 5.32 Å². The molecule has 0 aliphatic heterocycles. The molecule has 0 aliphatic rings. The van der Waals surface area contributed by atoms with Crippen molar-refractivity contribution in [1.82, 2.24) is 10.2 Å². The fraction of sp³-hybridized carbons (Fsp3) is 0.259. The molecule has 7 nitrogen and oxygen atoms in total. The first-order valence-electron chi connectivity index (χ1n) is 11.4. The Morgan fingerprint density at radius 3 is 2.25 bits per heavy atom. The number of sulfonamides is 1.